The van der Waals surface area contributed by atoms with Gasteiger partial charge in [0.05, 0.1) is 6.54 Å². The number of thiophene rings is 1. The van der Waals surface area contributed by atoms with Crippen LogP contribution in [0.1, 0.15) is 28.4 Å². The van der Waals surface area contributed by atoms with Gasteiger partial charge in [0.15, 0.2) is 0 Å². The SMILES string of the molecule is c1cc(CN2CCn3cnnc3C2)sc1CNC1CC1. The maximum Gasteiger partial charge on any atom is 0.147 e. The van der Waals surface area contributed by atoms with E-state index in [0.717, 1.165) is 44.6 Å². The first-order valence-electron chi connectivity index (χ1n) is 7.27. The second kappa shape index (κ2) is 5.27. The summed E-state index contributed by atoms with van der Waals surface area (Å²) in [4.78, 5) is 5.35. The van der Waals surface area contributed by atoms with Gasteiger partial charge in [-0.25, -0.2) is 0 Å². The summed E-state index contributed by atoms with van der Waals surface area (Å²) in [6.07, 6.45) is 4.54. The maximum atomic E-state index is 4.17. The lowest BCUT2D eigenvalue weighted by Crippen LogP contribution is -2.32. The quantitative estimate of drug-likeness (QED) is 0.908. The van der Waals surface area contributed by atoms with Crippen LogP contribution in [0.4, 0.5) is 0 Å². The molecule has 4 rings (SSSR count). The minimum Gasteiger partial charge on any atom is -0.315 e. The van der Waals surface area contributed by atoms with Crippen molar-refractivity contribution in [3.05, 3.63) is 34.0 Å². The highest BCUT2D eigenvalue weighted by Crippen LogP contribution is 2.23. The van der Waals surface area contributed by atoms with Crippen LogP contribution >= 0.6 is 11.3 Å². The summed E-state index contributed by atoms with van der Waals surface area (Å²) in [5, 5.41) is 11.7. The number of hydrogen-bond acceptors (Lipinski definition) is 5. The molecule has 3 heterocycles. The Morgan fingerprint density at radius 2 is 2.15 bits per heavy atom. The Morgan fingerprint density at radius 1 is 1.25 bits per heavy atom. The second-order valence-electron chi connectivity index (χ2n) is 5.67. The van der Waals surface area contributed by atoms with Gasteiger partial charge in [0, 0.05) is 42.0 Å². The number of fused-ring (bicyclic) bond motifs is 1. The molecule has 0 amide bonds. The summed E-state index contributed by atoms with van der Waals surface area (Å²) in [6.45, 7) is 5.06. The standard InChI is InChI=1S/C14H19N5S/c1-2-11(1)15-7-12-3-4-13(20-12)8-18-5-6-19-10-16-17-14(19)9-18/h3-4,10-11,15H,1-2,5-9H2. The average molecular weight is 289 g/mol. The van der Waals surface area contributed by atoms with E-state index in [2.05, 4.69) is 37.1 Å². The van der Waals surface area contributed by atoms with Crippen LogP contribution in [0.5, 0.6) is 0 Å². The zero-order valence-corrected chi connectivity index (χ0v) is 12.3. The topological polar surface area (TPSA) is 46.0 Å². The Morgan fingerprint density at radius 3 is 3.05 bits per heavy atom. The second-order valence-corrected chi connectivity index (χ2v) is 6.93. The van der Waals surface area contributed by atoms with E-state index < -0.39 is 0 Å². The lowest BCUT2D eigenvalue weighted by atomic mass is 10.3. The first-order chi connectivity index (χ1) is 9.87. The number of hydrogen-bond donors (Lipinski definition) is 1. The number of nitrogens with zero attached hydrogens (tertiary/aromatic N) is 4. The third-order valence-corrected chi connectivity index (χ3v) is 5.03. The number of rotatable bonds is 5. The third-order valence-electron chi connectivity index (χ3n) is 3.96. The van der Waals surface area contributed by atoms with Crippen molar-refractivity contribution in [1.82, 2.24) is 25.0 Å². The molecule has 0 saturated heterocycles. The average Bonchev–Trinajstić information content (AvgIpc) is 2.99. The van der Waals surface area contributed by atoms with Gasteiger partial charge in [-0.15, -0.1) is 21.5 Å². The molecule has 0 unspecified atom stereocenters. The Balaban J connectivity index is 1.34. The van der Waals surface area contributed by atoms with Crippen LogP contribution in [-0.4, -0.2) is 32.3 Å². The normalized spacial score (nSPS) is 19.2. The van der Waals surface area contributed by atoms with Crippen LogP contribution in [-0.2, 0) is 26.2 Å². The van der Waals surface area contributed by atoms with Crippen molar-refractivity contribution in [2.24, 2.45) is 0 Å². The van der Waals surface area contributed by atoms with Gasteiger partial charge < -0.3 is 9.88 Å². The molecule has 5 nitrogen and oxygen atoms in total. The zero-order valence-electron chi connectivity index (χ0n) is 11.5. The fourth-order valence-electron chi connectivity index (χ4n) is 2.61. The highest BCUT2D eigenvalue weighted by molar-refractivity contribution is 7.11. The van der Waals surface area contributed by atoms with Crippen LogP contribution in [0, 0.1) is 0 Å². The largest absolute Gasteiger partial charge is 0.315 e. The highest BCUT2D eigenvalue weighted by Gasteiger charge is 2.21. The maximum absolute atomic E-state index is 4.17. The molecule has 0 bridgehead atoms. The van der Waals surface area contributed by atoms with Crippen LogP contribution in [0.2, 0.25) is 0 Å². The van der Waals surface area contributed by atoms with Crippen molar-refractivity contribution >= 4 is 11.3 Å². The van der Waals surface area contributed by atoms with Crippen molar-refractivity contribution in [3.63, 3.8) is 0 Å². The fraction of sp³-hybridized carbons (Fsp3) is 0.571. The van der Waals surface area contributed by atoms with E-state index in [1.807, 2.05) is 17.7 Å². The minimum atomic E-state index is 0.786. The molecule has 2 aromatic heterocycles. The Hall–Kier alpha value is -1.24. The van der Waals surface area contributed by atoms with Gasteiger partial charge in [-0.05, 0) is 25.0 Å². The number of nitrogens with one attached hydrogen (secondary N) is 1. The van der Waals surface area contributed by atoms with E-state index in [9.17, 15) is 0 Å². The molecular weight excluding hydrogens is 270 g/mol. The van der Waals surface area contributed by atoms with Gasteiger partial charge in [0.25, 0.3) is 0 Å². The van der Waals surface area contributed by atoms with Crippen molar-refractivity contribution in [2.45, 2.75) is 45.1 Å². The van der Waals surface area contributed by atoms with Crippen molar-refractivity contribution in [1.29, 1.82) is 0 Å². The molecule has 0 radical (unpaired) electrons. The predicted octanol–water partition coefficient (Wildman–Crippen LogP) is 1.61. The molecule has 1 saturated carbocycles. The summed E-state index contributed by atoms with van der Waals surface area (Å²) in [6, 6.07) is 5.32. The highest BCUT2D eigenvalue weighted by atomic mass is 32.1. The molecule has 1 aliphatic heterocycles. The van der Waals surface area contributed by atoms with E-state index in [-0.39, 0.29) is 0 Å². The predicted molar refractivity (Wildman–Crippen MR) is 78.3 cm³/mol. The van der Waals surface area contributed by atoms with Gasteiger partial charge in [-0.1, -0.05) is 0 Å². The monoisotopic (exact) mass is 289 g/mol. The summed E-state index contributed by atoms with van der Waals surface area (Å²) in [5.41, 5.74) is 0. The van der Waals surface area contributed by atoms with Crippen molar-refractivity contribution in [3.8, 4) is 0 Å². The minimum absolute atomic E-state index is 0.786. The summed E-state index contributed by atoms with van der Waals surface area (Å²) in [5.74, 6) is 1.09. The van der Waals surface area contributed by atoms with Gasteiger partial charge >= 0.3 is 0 Å². The Labute approximate surface area is 122 Å². The summed E-state index contributed by atoms with van der Waals surface area (Å²) >= 11 is 1.93. The molecule has 6 heteroatoms. The van der Waals surface area contributed by atoms with E-state index in [1.54, 1.807) is 0 Å². The number of aromatic nitrogens is 3. The van der Waals surface area contributed by atoms with Gasteiger partial charge in [0.1, 0.15) is 12.2 Å². The molecule has 1 N–H and O–H groups in total. The van der Waals surface area contributed by atoms with E-state index >= 15 is 0 Å². The van der Waals surface area contributed by atoms with Crippen LogP contribution in [0.25, 0.3) is 0 Å². The Bertz CT molecular complexity index is 586. The fourth-order valence-corrected chi connectivity index (χ4v) is 3.62. The lowest BCUT2D eigenvalue weighted by molar-refractivity contribution is 0.210. The summed E-state index contributed by atoms with van der Waals surface area (Å²) in [7, 11) is 0. The molecule has 2 aromatic rings. The molecule has 1 aliphatic carbocycles. The first-order valence-corrected chi connectivity index (χ1v) is 8.08. The molecule has 0 spiro atoms. The van der Waals surface area contributed by atoms with Gasteiger partial charge in [-0.2, -0.15) is 0 Å². The summed E-state index contributed by atoms with van der Waals surface area (Å²) < 4.78 is 2.15. The van der Waals surface area contributed by atoms with Crippen molar-refractivity contribution < 1.29 is 0 Å². The molecular formula is C14H19N5S. The van der Waals surface area contributed by atoms with Crippen LogP contribution in [0.15, 0.2) is 18.5 Å². The molecule has 20 heavy (non-hydrogen) atoms. The molecule has 0 atom stereocenters. The van der Waals surface area contributed by atoms with E-state index in [0.29, 0.717) is 0 Å². The molecule has 0 aromatic carbocycles. The lowest BCUT2D eigenvalue weighted by Gasteiger charge is -2.26. The van der Waals surface area contributed by atoms with Gasteiger partial charge in [0.2, 0.25) is 0 Å². The molecule has 2 aliphatic rings. The van der Waals surface area contributed by atoms with Crippen LogP contribution in [0.3, 0.4) is 0 Å². The smallest absolute Gasteiger partial charge is 0.147 e. The van der Waals surface area contributed by atoms with E-state index in [1.165, 1.54) is 22.6 Å². The third kappa shape index (κ3) is 2.77. The van der Waals surface area contributed by atoms with Gasteiger partial charge in [-0.3, -0.25) is 4.90 Å². The first kappa shape index (κ1) is 12.5. The van der Waals surface area contributed by atoms with E-state index in [4.69, 9.17) is 0 Å². The zero-order chi connectivity index (χ0) is 13.4. The molecule has 1 fully saturated rings. The van der Waals surface area contributed by atoms with Crippen LogP contribution < -0.4 is 5.32 Å². The van der Waals surface area contributed by atoms with Crippen molar-refractivity contribution in [2.75, 3.05) is 6.54 Å². The Kier molecular flexibility index (Phi) is 3.29. The molecule has 106 valence electrons.